The second-order valence-corrected chi connectivity index (χ2v) is 13.3. The van der Waals surface area contributed by atoms with E-state index in [0.29, 0.717) is 0 Å². The molecule has 2 aromatic heterocycles. The first-order chi connectivity index (χ1) is 25.3. The van der Waals surface area contributed by atoms with Gasteiger partial charge < -0.3 is 0 Å². The van der Waals surface area contributed by atoms with Gasteiger partial charge in [0.25, 0.3) is 0 Å². The Kier molecular flexibility index (Phi) is 5.96. The van der Waals surface area contributed by atoms with Crippen molar-refractivity contribution in [2.75, 3.05) is 0 Å². The van der Waals surface area contributed by atoms with Gasteiger partial charge in [-0.25, -0.2) is 9.97 Å². The molecule has 0 N–H and O–H groups in total. The van der Waals surface area contributed by atoms with E-state index in [-0.39, 0.29) is 0 Å². The molecular weight excluding hydrogens is 619 g/mol. The summed E-state index contributed by atoms with van der Waals surface area (Å²) in [6.07, 6.45) is 0. The molecule has 236 valence electrons. The summed E-state index contributed by atoms with van der Waals surface area (Å²) < 4.78 is 2.37. The van der Waals surface area contributed by atoms with Crippen LogP contribution >= 0.6 is 0 Å². The fourth-order valence-corrected chi connectivity index (χ4v) is 8.33. The van der Waals surface area contributed by atoms with Crippen molar-refractivity contribution in [3.05, 3.63) is 198 Å². The molecule has 11 rings (SSSR count). The van der Waals surface area contributed by atoms with Gasteiger partial charge >= 0.3 is 0 Å². The summed E-state index contributed by atoms with van der Waals surface area (Å²) in [5.41, 5.74) is 13.2. The highest BCUT2D eigenvalue weighted by molar-refractivity contribution is 6.31. The van der Waals surface area contributed by atoms with Crippen molar-refractivity contribution in [2.24, 2.45) is 0 Å². The summed E-state index contributed by atoms with van der Waals surface area (Å²) in [6, 6.07) is 63.1. The fourth-order valence-electron chi connectivity index (χ4n) is 8.33. The van der Waals surface area contributed by atoms with Crippen LogP contribution in [0.1, 0.15) is 22.3 Å². The zero-order valence-electron chi connectivity index (χ0n) is 27.6. The molecule has 0 unspecified atom stereocenters. The molecule has 2 heterocycles. The van der Waals surface area contributed by atoms with Gasteiger partial charge in [-0.05, 0) is 85.3 Å². The summed E-state index contributed by atoms with van der Waals surface area (Å²) in [7, 11) is 0. The van der Waals surface area contributed by atoms with E-state index in [1.54, 1.807) is 0 Å². The van der Waals surface area contributed by atoms with Crippen LogP contribution in [0, 0.1) is 0 Å². The molecule has 0 amide bonds. The third-order valence-corrected chi connectivity index (χ3v) is 10.5. The van der Waals surface area contributed by atoms with Crippen molar-refractivity contribution in [1.82, 2.24) is 14.5 Å². The minimum absolute atomic E-state index is 0.826. The van der Waals surface area contributed by atoms with Gasteiger partial charge in [0.15, 0.2) is 5.82 Å². The van der Waals surface area contributed by atoms with Crippen LogP contribution in [0.2, 0.25) is 0 Å². The fraction of sp³-hybridized carbons (Fsp3) is 0. The van der Waals surface area contributed by atoms with E-state index >= 15 is 0 Å². The van der Waals surface area contributed by atoms with E-state index < -0.39 is 0 Å². The first-order valence-corrected chi connectivity index (χ1v) is 17.4. The van der Waals surface area contributed by atoms with Crippen molar-refractivity contribution in [2.45, 2.75) is 0 Å². The number of hydrogen-bond donors (Lipinski definition) is 0. The molecule has 0 atom stereocenters. The Morgan fingerprint density at radius 1 is 0.353 bits per heavy atom. The van der Waals surface area contributed by atoms with Crippen LogP contribution in [0.4, 0.5) is 0 Å². The molecule has 0 radical (unpaired) electrons. The molecule has 3 nitrogen and oxygen atoms in total. The Morgan fingerprint density at radius 2 is 0.922 bits per heavy atom. The number of nitrogens with zero attached hydrogens (tertiary/aromatic N) is 3. The average molecular weight is 648 g/mol. The van der Waals surface area contributed by atoms with Gasteiger partial charge in [0.1, 0.15) is 5.69 Å². The maximum absolute atomic E-state index is 5.45. The summed E-state index contributed by atoms with van der Waals surface area (Å²) in [5, 5.41) is 7.33. The number of rotatable bonds is 4. The van der Waals surface area contributed by atoms with Crippen molar-refractivity contribution >= 4 is 65.5 Å². The van der Waals surface area contributed by atoms with Crippen molar-refractivity contribution < 1.29 is 0 Å². The normalized spacial score (nSPS) is 12.6. The van der Waals surface area contributed by atoms with Gasteiger partial charge in [-0.1, -0.05) is 146 Å². The standard InChI is InChI=1S/C48H29N3/c1-3-14-31(15-4-1)42-36-20-11-19-33-27-28-41-46(44(33)36)45-37(43(42)32-16-5-2-6-17-32)21-12-24-40(45)51(41)48-47(49-38-22-9-10-23-39(38)50-48)35-26-25-30-13-7-8-18-34(30)29-35/h1-29H. The number of benzene rings is 8. The minimum atomic E-state index is 0.826. The SMILES string of the molecule is c1ccc(C2=C(c3ccccc3)c3cccc4c3c3c5c2cccc5ccc3n4-c2nc3ccccc3nc2-c2ccc3ccccc3c2)cc1. The monoisotopic (exact) mass is 647 g/mol. The lowest BCUT2D eigenvalue weighted by atomic mass is 9.85. The Hall–Kier alpha value is -6.84. The molecule has 51 heavy (non-hydrogen) atoms. The molecule has 0 saturated carbocycles. The molecule has 10 aromatic rings. The molecule has 0 spiro atoms. The van der Waals surface area contributed by atoms with Crippen LogP contribution in [0.25, 0.3) is 82.6 Å². The lowest BCUT2D eigenvalue weighted by Gasteiger charge is -2.19. The van der Waals surface area contributed by atoms with Crippen LogP contribution in [0.15, 0.2) is 176 Å². The molecule has 8 aromatic carbocycles. The summed E-state index contributed by atoms with van der Waals surface area (Å²) in [4.78, 5) is 10.8. The van der Waals surface area contributed by atoms with Crippen LogP contribution in [-0.2, 0) is 0 Å². The van der Waals surface area contributed by atoms with Crippen molar-refractivity contribution in [3.63, 3.8) is 0 Å². The van der Waals surface area contributed by atoms with Gasteiger partial charge in [0, 0.05) is 16.3 Å². The topological polar surface area (TPSA) is 30.7 Å². The van der Waals surface area contributed by atoms with Crippen LogP contribution < -0.4 is 0 Å². The predicted octanol–water partition coefficient (Wildman–Crippen LogP) is 12.0. The predicted molar refractivity (Wildman–Crippen MR) is 212 cm³/mol. The zero-order valence-corrected chi connectivity index (χ0v) is 27.6. The van der Waals surface area contributed by atoms with Gasteiger partial charge in [0.05, 0.1) is 22.1 Å². The first kappa shape index (κ1) is 28.0. The highest BCUT2D eigenvalue weighted by Crippen LogP contribution is 2.50. The Balaban J connectivity index is 1.33. The maximum Gasteiger partial charge on any atom is 0.165 e. The van der Waals surface area contributed by atoms with E-state index in [4.69, 9.17) is 9.97 Å². The smallest absolute Gasteiger partial charge is 0.165 e. The Bertz CT molecular complexity index is 3060. The Morgan fingerprint density at radius 3 is 1.67 bits per heavy atom. The zero-order chi connectivity index (χ0) is 33.5. The largest absolute Gasteiger partial charge is 0.292 e. The van der Waals surface area contributed by atoms with Gasteiger partial charge in [0.2, 0.25) is 0 Å². The van der Waals surface area contributed by atoms with E-state index in [2.05, 4.69) is 168 Å². The maximum atomic E-state index is 5.45. The van der Waals surface area contributed by atoms with Crippen molar-refractivity contribution in [3.8, 4) is 17.1 Å². The van der Waals surface area contributed by atoms with Gasteiger partial charge in [-0.2, -0.15) is 0 Å². The van der Waals surface area contributed by atoms with Crippen LogP contribution in [0.3, 0.4) is 0 Å². The van der Waals surface area contributed by atoms with Crippen LogP contribution in [-0.4, -0.2) is 14.5 Å². The highest BCUT2D eigenvalue weighted by Gasteiger charge is 2.29. The number of fused-ring (bicyclic) bond motifs is 2. The van der Waals surface area contributed by atoms with Crippen LogP contribution in [0.5, 0.6) is 0 Å². The van der Waals surface area contributed by atoms with Gasteiger partial charge in [-0.15, -0.1) is 0 Å². The molecule has 0 bridgehead atoms. The van der Waals surface area contributed by atoms with E-state index in [0.717, 1.165) is 39.1 Å². The molecule has 1 aliphatic carbocycles. The molecule has 1 aliphatic rings. The van der Waals surface area contributed by atoms with E-state index in [1.165, 1.54) is 65.7 Å². The lowest BCUT2D eigenvalue weighted by molar-refractivity contribution is 1.08. The van der Waals surface area contributed by atoms with E-state index in [1.807, 2.05) is 12.1 Å². The second-order valence-electron chi connectivity index (χ2n) is 13.3. The van der Waals surface area contributed by atoms with Crippen molar-refractivity contribution in [1.29, 1.82) is 0 Å². The number of para-hydroxylation sites is 2. The first-order valence-electron chi connectivity index (χ1n) is 17.4. The quantitative estimate of drug-likeness (QED) is 0.190. The highest BCUT2D eigenvalue weighted by atomic mass is 15.1. The second kappa shape index (κ2) is 10.8. The number of aromatic nitrogens is 3. The summed E-state index contributed by atoms with van der Waals surface area (Å²) >= 11 is 0. The van der Waals surface area contributed by atoms with Gasteiger partial charge in [-0.3, -0.25) is 4.57 Å². The third-order valence-electron chi connectivity index (χ3n) is 10.5. The lowest BCUT2D eigenvalue weighted by Crippen LogP contribution is -2.04. The Labute approximate surface area is 294 Å². The molecule has 0 saturated heterocycles. The number of hydrogen-bond acceptors (Lipinski definition) is 2. The average Bonchev–Trinajstić information content (AvgIpc) is 3.47. The molecular formula is C48H29N3. The van der Waals surface area contributed by atoms with E-state index in [9.17, 15) is 0 Å². The summed E-state index contributed by atoms with van der Waals surface area (Å²) in [5.74, 6) is 0.826. The summed E-state index contributed by atoms with van der Waals surface area (Å²) in [6.45, 7) is 0. The minimum Gasteiger partial charge on any atom is -0.292 e. The molecule has 0 fully saturated rings. The molecule has 0 aliphatic heterocycles. The third kappa shape index (κ3) is 4.12. The molecule has 3 heteroatoms.